The first-order chi connectivity index (χ1) is 18.4. The van der Waals surface area contributed by atoms with Gasteiger partial charge in [-0.25, -0.2) is 4.39 Å². The molecule has 1 saturated carbocycles. The summed E-state index contributed by atoms with van der Waals surface area (Å²) in [6.45, 7) is 1.80. The Bertz CT molecular complexity index is 1500. The number of halogens is 1. The van der Waals surface area contributed by atoms with Crippen LogP contribution in [0, 0.1) is 11.7 Å². The van der Waals surface area contributed by atoms with Crippen LogP contribution in [0.4, 0.5) is 10.1 Å². The standard InChI is InChI=1S/C32H32FN3O2/c1-22(37)8-9-24-16-29(33)19-30(17-24)36(32(38)26-6-4-3-5-7-26)21-23-10-12-25(13-11-23)27-14-15-31-28(18-27)20-34-35(31)2/h8-20,26H,3-7,21H2,1-2H3/b9-8+. The number of benzene rings is 3. The van der Waals surface area contributed by atoms with E-state index in [1.165, 1.54) is 25.1 Å². The highest BCUT2D eigenvalue weighted by Gasteiger charge is 2.27. The summed E-state index contributed by atoms with van der Waals surface area (Å²) in [6.07, 6.45) is 9.80. The SMILES string of the molecule is CC(=O)/C=C/c1cc(F)cc(N(Cc2ccc(-c3ccc4c(cnn4C)c3)cc2)C(=O)C2CCCCC2)c1. The van der Waals surface area contributed by atoms with Crippen LogP contribution in [0.3, 0.4) is 0 Å². The highest BCUT2D eigenvalue weighted by molar-refractivity contribution is 5.96. The number of allylic oxidation sites excluding steroid dienone is 1. The van der Waals surface area contributed by atoms with Crippen molar-refractivity contribution in [1.82, 2.24) is 9.78 Å². The van der Waals surface area contributed by atoms with Gasteiger partial charge in [-0.15, -0.1) is 0 Å². The summed E-state index contributed by atoms with van der Waals surface area (Å²) in [4.78, 5) is 26.9. The van der Waals surface area contributed by atoms with Crippen molar-refractivity contribution in [2.24, 2.45) is 13.0 Å². The Hall–Kier alpha value is -4.06. The average molecular weight is 510 g/mol. The van der Waals surface area contributed by atoms with Crippen molar-refractivity contribution < 1.29 is 14.0 Å². The van der Waals surface area contributed by atoms with Gasteiger partial charge in [0.15, 0.2) is 5.78 Å². The molecule has 0 saturated heterocycles. The number of hydrogen-bond acceptors (Lipinski definition) is 3. The zero-order valence-corrected chi connectivity index (χ0v) is 21.9. The van der Waals surface area contributed by atoms with Gasteiger partial charge in [-0.3, -0.25) is 14.3 Å². The van der Waals surface area contributed by atoms with E-state index >= 15 is 0 Å². The van der Waals surface area contributed by atoms with Crippen LogP contribution in [-0.4, -0.2) is 21.5 Å². The summed E-state index contributed by atoms with van der Waals surface area (Å²) in [5.74, 6) is -0.585. The molecule has 5 rings (SSSR count). The predicted octanol–water partition coefficient (Wildman–Crippen LogP) is 7.10. The molecule has 0 N–H and O–H groups in total. The van der Waals surface area contributed by atoms with Gasteiger partial charge in [0.05, 0.1) is 18.3 Å². The number of rotatable bonds is 7. The van der Waals surface area contributed by atoms with Crippen LogP contribution in [0.1, 0.15) is 50.2 Å². The van der Waals surface area contributed by atoms with Crippen LogP contribution < -0.4 is 4.90 Å². The summed E-state index contributed by atoms with van der Waals surface area (Å²) in [7, 11) is 1.93. The van der Waals surface area contributed by atoms with E-state index in [-0.39, 0.29) is 17.6 Å². The molecule has 0 bridgehead atoms. The minimum atomic E-state index is -0.437. The lowest BCUT2D eigenvalue weighted by atomic mass is 9.88. The van der Waals surface area contributed by atoms with Gasteiger partial charge in [0.2, 0.25) is 5.91 Å². The van der Waals surface area contributed by atoms with Crippen molar-refractivity contribution in [3.8, 4) is 11.1 Å². The highest BCUT2D eigenvalue weighted by Crippen LogP contribution is 2.31. The van der Waals surface area contributed by atoms with Gasteiger partial charge in [0.1, 0.15) is 5.82 Å². The number of ketones is 1. The van der Waals surface area contributed by atoms with Crippen molar-refractivity contribution in [2.75, 3.05) is 4.90 Å². The normalized spacial score (nSPS) is 14.3. The topological polar surface area (TPSA) is 55.2 Å². The van der Waals surface area contributed by atoms with Crippen LogP contribution in [0.25, 0.3) is 28.1 Å². The molecule has 0 atom stereocenters. The van der Waals surface area contributed by atoms with E-state index in [4.69, 9.17) is 0 Å². The third-order valence-corrected chi connectivity index (χ3v) is 7.32. The molecular weight excluding hydrogens is 477 g/mol. The molecule has 1 heterocycles. The van der Waals surface area contributed by atoms with E-state index in [1.54, 1.807) is 17.0 Å². The fraction of sp³-hybridized carbons (Fsp3) is 0.281. The fourth-order valence-corrected chi connectivity index (χ4v) is 5.26. The van der Waals surface area contributed by atoms with Crippen LogP contribution >= 0.6 is 0 Å². The number of anilines is 1. The lowest BCUT2D eigenvalue weighted by Crippen LogP contribution is -2.36. The van der Waals surface area contributed by atoms with Gasteiger partial charge in [0.25, 0.3) is 0 Å². The van der Waals surface area contributed by atoms with Crippen LogP contribution in [0.5, 0.6) is 0 Å². The number of carbonyl (C=O) groups is 2. The molecule has 1 aromatic heterocycles. The number of hydrogen-bond donors (Lipinski definition) is 0. The van der Waals surface area contributed by atoms with Crippen molar-refractivity contribution in [3.05, 3.63) is 89.9 Å². The monoisotopic (exact) mass is 509 g/mol. The fourth-order valence-electron chi connectivity index (χ4n) is 5.26. The van der Waals surface area contributed by atoms with Gasteiger partial charge in [-0.05, 0) is 78.4 Å². The Morgan fingerprint density at radius 1 is 1.00 bits per heavy atom. The number of carbonyl (C=O) groups excluding carboxylic acids is 2. The highest BCUT2D eigenvalue weighted by atomic mass is 19.1. The smallest absolute Gasteiger partial charge is 0.230 e. The summed E-state index contributed by atoms with van der Waals surface area (Å²) < 4.78 is 16.5. The summed E-state index contributed by atoms with van der Waals surface area (Å²) >= 11 is 0. The van der Waals surface area contributed by atoms with E-state index in [9.17, 15) is 14.0 Å². The van der Waals surface area contributed by atoms with Gasteiger partial charge in [-0.2, -0.15) is 5.10 Å². The second-order valence-electron chi connectivity index (χ2n) is 10.2. The second-order valence-corrected chi connectivity index (χ2v) is 10.2. The minimum Gasteiger partial charge on any atom is -0.308 e. The Morgan fingerprint density at radius 2 is 1.74 bits per heavy atom. The molecule has 1 aliphatic carbocycles. The van der Waals surface area contributed by atoms with E-state index in [1.807, 2.05) is 30.1 Å². The number of aryl methyl sites for hydroxylation is 1. The van der Waals surface area contributed by atoms with E-state index < -0.39 is 5.82 Å². The Balaban J connectivity index is 1.44. The Labute approximate surface area is 222 Å². The van der Waals surface area contributed by atoms with E-state index in [2.05, 4.69) is 35.4 Å². The van der Waals surface area contributed by atoms with Crippen molar-refractivity contribution in [1.29, 1.82) is 0 Å². The molecule has 6 heteroatoms. The zero-order valence-electron chi connectivity index (χ0n) is 21.9. The summed E-state index contributed by atoms with van der Waals surface area (Å²) in [6, 6.07) is 19.0. The number of nitrogens with zero attached hydrogens (tertiary/aromatic N) is 3. The number of aromatic nitrogens is 2. The Morgan fingerprint density at radius 3 is 2.47 bits per heavy atom. The van der Waals surface area contributed by atoms with E-state index in [0.29, 0.717) is 17.8 Å². The molecule has 0 unspecified atom stereocenters. The first-order valence-electron chi connectivity index (χ1n) is 13.2. The molecule has 4 aromatic rings. The largest absolute Gasteiger partial charge is 0.308 e. The van der Waals surface area contributed by atoms with Crippen LogP contribution in [0.15, 0.2) is 72.9 Å². The van der Waals surface area contributed by atoms with Crippen molar-refractivity contribution in [3.63, 3.8) is 0 Å². The first-order valence-corrected chi connectivity index (χ1v) is 13.2. The minimum absolute atomic E-state index is 0.0305. The van der Waals surface area contributed by atoms with E-state index in [0.717, 1.165) is 59.7 Å². The lowest BCUT2D eigenvalue weighted by molar-refractivity contribution is -0.123. The number of amides is 1. The zero-order chi connectivity index (χ0) is 26.6. The second kappa shape index (κ2) is 11.1. The molecule has 1 fully saturated rings. The third-order valence-electron chi connectivity index (χ3n) is 7.32. The van der Waals surface area contributed by atoms with Gasteiger partial charge < -0.3 is 4.90 Å². The Kier molecular flexibility index (Phi) is 7.50. The maximum absolute atomic E-state index is 14.6. The molecule has 0 radical (unpaired) electrons. The molecule has 38 heavy (non-hydrogen) atoms. The molecule has 0 aliphatic heterocycles. The van der Waals surface area contributed by atoms with Gasteiger partial charge in [-0.1, -0.05) is 55.7 Å². The van der Waals surface area contributed by atoms with Crippen molar-refractivity contribution >= 4 is 34.4 Å². The van der Waals surface area contributed by atoms with Gasteiger partial charge in [0, 0.05) is 24.0 Å². The van der Waals surface area contributed by atoms with Gasteiger partial charge >= 0.3 is 0 Å². The molecular formula is C32H32FN3O2. The molecule has 3 aromatic carbocycles. The quantitative estimate of drug-likeness (QED) is 0.250. The lowest BCUT2D eigenvalue weighted by Gasteiger charge is -2.30. The molecule has 194 valence electrons. The van der Waals surface area contributed by atoms with Crippen LogP contribution in [0.2, 0.25) is 0 Å². The molecule has 0 spiro atoms. The average Bonchev–Trinajstić information content (AvgIpc) is 3.30. The van der Waals surface area contributed by atoms with Crippen molar-refractivity contribution in [2.45, 2.75) is 45.6 Å². The third kappa shape index (κ3) is 5.75. The summed E-state index contributed by atoms with van der Waals surface area (Å²) in [5.41, 5.74) is 5.28. The summed E-state index contributed by atoms with van der Waals surface area (Å²) in [5, 5.41) is 5.41. The predicted molar refractivity (Wildman–Crippen MR) is 150 cm³/mol. The first kappa shape index (κ1) is 25.6. The molecule has 1 amide bonds. The molecule has 1 aliphatic rings. The maximum atomic E-state index is 14.6. The maximum Gasteiger partial charge on any atom is 0.230 e. The van der Waals surface area contributed by atoms with Crippen LogP contribution in [-0.2, 0) is 23.2 Å². The molecule has 5 nitrogen and oxygen atoms in total. The number of fused-ring (bicyclic) bond motifs is 1.